The first-order valence-corrected chi connectivity index (χ1v) is 7.19. The molecule has 23 heavy (non-hydrogen) atoms. The van der Waals surface area contributed by atoms with E-state index >= 15 is 0 Å². The molecule has 5 nitrogen and oxygen atoms in total. The summed E-state index contributed by atoms with van der Waals surface area (Å²) in [6.07, 6.45) is 0. The lowest BCUT2D eigenvalue weighted by Gasteiger charge is -2.09. The molecule has 0 aliphatic rings. The lowest BCUT2D eigenvalue weighted by atomic mass is 10.1. The van der Waals surface area contributed by atoms with Gasteiger partial charge in [-0.25, -0.2) is 0 Å². The number of H-pyrrole nitrogens is 1. The van der Waals surface area contributed by atoms with Crippen LogP contribution in [-0.2, 0) is 0 Å². The molecule has 116 valence electrons. The van der Waals surface area contributed by atoms with Crippen LogP contribution < -0.4 is 10.9 Å². The fourth-order valence-corrected chi connectivity index (χ4v) is 2.43. The van der Waals surface area contributed by atoms with E-state index in [4.69, 9.17) is 0 Å². The molecule has 0 spiro atoms. The second-order valence-electron chi connectivity index (χ2n) is 5.55. The molecule has 0 saturated heterocycles. The van der Waals surface area contributed by atoms with Gasteiger partial charge in [0.25, 0.3) is 11.5 Å². The van der Waals surface area contributed by atoms with E-state index < -0.39 is 11.5 Å². The van der Waals surface area contributed by atoms with Crippen LogP contribution in [0.25, 0.3) is 10.9 Å². The number of aromatic hydroxyl groups is 1. The largest absolute Gasteiger partial charge is 0.506 e. The molecule has 0 aliphatic carbocycles. The molecule has 0 radical (unpaired) electrons. The number of aromatic nitrogens is 1. The van der Waals surface area contributed by atoms with E-state index in [2.05, 4.69) is 10.3 Å². The minimum atomic E-state index is -0.643. The number of benzene rings is 2. The molecule has 1 heterocycles. The van der Waals surface area contributed by atoms with Crippen molar-refractivity contribution in [3.8, 4) is 5.75 Å². The summed E-state index contributed by atoms with van der Waals surface area (Å²) in [7, 11) is 0. The van der Waals surface area contributed by atoms with Gasteiger partial charge in [0.2, 0.25) is 0 Å². The lowest BCUT2D eigenvalue weighted by molar-refractivity contribution is 0.102. The molecular formula is C18H16N2O3. The minimum absolute atomic E-state index is 0.288. The van der Waals surface area contributed by atoms with Gasteiger partial charge in [0.15, 0.2) is 0 Å². The maximum atomic E-state index is 12.4. The fraction of sp³-hybridized carbons (Fsp3) is 0.111. The Balaban J connectivity index is 2.06. The fourth-order valence-electron chi connectivity index (χ4n) is 2.43. The average Bonchev–Trinajstić information content (AvgIpc) is 2.50. The van der Waals surface area contributed by atoms with Gasteiger partial charge in [-0.1, -0.05) is 29.3 Å². The number of aryl methyl sites for hydroxylation is 2. The Morgan fingerprint density at radius 2 is 1.70 bits per heavy atom. The van der Waals surface area contributed by atoms with E-state index in [1.165, 1.54) is 0 Å². The highest BCUT2D eigenvalue weighted by Gasteiger charge is 2.19. The summed E-state index contributed by atoms with van der Waals surface area (Å²) in [6.45, 7) is 3.81. The van der Waals surface area contributed by atoms with Gasteiger partial charge in [0, 0.05) is 11.1 Å². The number of carbonyl (C=O) groups excluding carboxylic acids is 1. The smallest absolute Gasteiger partial charge is 0.265 e. The first kappa shape index (κ1) is 14.8. The molecule has 1 amide bonds. The monoisotopic (exact) mass is 308 g/mol. The Labute approximate surface area is 132 Å². The average molecular weight is 308 g/mol. The van der Waals surface area contributed by atoms with Crippen LogP contribution >= 0.6 is 0 Å². The molecular weight excluding hydrogens is 292 g/mol. The van der Waals surface area contributed by atoms with Crippen LogP contribution in [0.1, 0.15) is 21.5 Å². The Bertz CT molecular complexity index is 956. The topological polar surface area (TPSA) is 82.2 Å². The molecule has 0 bridgehead atoms. The van der Waals surface area contributed by atoms with E-state index in [-0.39, 0.29) is 11.3 Å². The number of aromatic amines is 1. The van der Waals surface area contributed by atoms with Crippen LogP contribution in [0.4, 0.5) is 5.69 Å². The summed E-state index contributed by atoms with van der Waals surface area (Å²) in [6, 6.07) is 12.4. The van der Waals surface area contributed by atoms with Crippen LogP contribution in [0.5, 0.6) is 5.75 Å². The quantitative estimate of drug-likeness (QED) is 0.680. The molecule has 0 saturated carbocycles. The molecule has 0 unspecified atom stereocenters. The number of hydrogen-bond donors (Lipinski definition) is 3. The molecule has 1 aromatic heterocycles. The van der Waals surface area contributed by atoms with Crippen molar-refractivity contribution < 1.29 is 9.90 Å². The summed E-state index contributed by atoms with van der Waals surface area (Å²) in [5, 5.41) is 13.4. The Morgan fingerprint density at radius 3 is 2.39 bits per heavy atom. The van der Waals surface area contributed by atoms with Crippen LogP contribution in [0.2, 0.25) is 0 Å². The highest BCUT2D eigenvalue weighted by atomic mass is 16.3. The third-order valence-electron chi connectivity index (χ3n) is 3.68. The molecule has 3 N–H and O–H groups in total. The van der Waals surface area contributed by atoms with Crippen molar-refractivity contribution in [1.29, 1.82) is 0 Å². The number of amides is 1. The molecule has 0 fully saturated rings. The SMILES string of the molecule is Cc1ccc(NC(=O)c2c(O)c3cc(C)ccc3[nH]c2=O)cc1. The Hall–Kier alpha value is -3.08. The standard InChI is InChI=1S/C18H16N2O3/c1-10-3-6-12(7-4-10)19-17(22)15-16(21)13-9-11(2)5-8-14(13)20-18(15)23/h3-9H,1-2H3,(H,19,22)(H2,20,21,23). The van der Waals surface area contributed by atoms with E-state index in [1.54, 1.807) is 24.3 Å². The summed E-state index contributed by atoms with van der Waals surface area (Å²) in [5.74, 6) is -0.951. The number of anilines is 1. The van der Waals surface area contributed by atoms with Gasteiger partial charge in [0.1, 0.15) is 11.3 Å². The highest BCUT2D eigenvalue weighted by Crippen LogP contribution is 2.26. The summed E-state index contributed by atoms with van der Waals surface area (Å²) in [4.78, 5) is 27.2. The third-order valence-corrected chi connectivity index (χ3v) is 3.68. The second kappa shape index (κ2) is 5.61. The van der Waals surface area contributed by atoms with Gasteiger partial charge in [-0.3, -0.25) is 9.59 Å². The molecule has 3 aromatic rings. The molecule has 0 atom stereocenters. The number of fused-ring (bicyclic) bond motifs is 1. The molecule has 2 aromatic carbocycles. The van der Waals surface area contributed by atoms with Crippen LogP contribution in [0.15, 0.2) is 47.3 Å². The highest BCUT2D eigenvalue weighted by molar-refractivity contribution is 6.09. The van der Waals surface area contributed by atoms with Crippen LogP contribution in [0.3, 0.4) is 0 Å². The van der Waals surface area contributed by atoms with E-state index in [0.717, 1.165) is 11.1 Å². The predicted molar refractivity (Wildman–Crippen MR) is 90.1 cm³/mol. The van der Waals surface area contributed by atoms with Crippen molar-refractivity contribution in [1.82, 2.24) is 4.98 Å². The van der Waals surface area contributed by atoms with Crippen molar-refractivity contribution in [2.24, 2.45) is 0 Å². The normalized spacial score (nSPS) is 10.7. The zero-order valence-corrected chi connectivity index (χ0v) is 12.8. The van der Waals surface area contributed by atoms with Gasteiger partial charge in [-0.15, -0.1) is 0 Å². The zero-order valence-electron chi connectivity index (χ0n) is 12.8. The number of nitrogens with one attached hydrogen (secondary N) is 2. The Kier molecular flexibility index (Phi) is 3.62. The molecule has 3 rings (SSSR count). The van der Waals surface area contributed by atoms with Gasteiger partial charge >= 0.3 is 0 Å². The third kappa shape index (κ3) is 2.81. The van der Waals surface area contributed by atoms with Crippen molar-refractivity contribution in [3.05, 3.63) is 69.5 Å². The van der Waals surface area contributed by atoms with Crippen molar-refractivity contribution in [2.75, 3.05) is 5.32 Å². The Morgan fingerprint density at radius 1 is 1.04 bits per heavy atom. The number of rotatable bonds is 2. The van der Waals surface area contributed by atoms with E-state index in [9.17, 15) is 14.7 Å². The zero-order chi connectivity index (χ0) is 16.6. The van der Waals surface area contributed by atoms with E-state index in [0.29, 0.717) is 16.6 Å². The summed E-state index contributed by atoms with van der Waals surface area (Å²) < 4.78 is 0. The number of carbonyl (C=O) groups is 1. The predicted octanol–water partition coefficient (Wildman–Crippen LogP) is 3.10. The number of pyridine rings is 1. The van der Waals surface area contributed by atoms with Gasteiger partial charge in [-0.2, -0.15) is 0 Å². The van der Waals surface area contributed by atoms with Crippen molar-refractivity contribution in [3.63, 3.8) is 0 Å². The number of hydrogen-bond acceptors (Lipinski definition) is 3. The summed E-state index contributed by atoms with van der Waals surface area (Å²) >= 11 is 0. The summed E-state index contributed by atoms with van der Waals surface area (Å²) in [5.41, 5.74) is 2.12. The van der Waals surface area contributed by atoms with Crippen molar-refractivity contribution in [2.45, 2.75) is 13.8 Å². The first-order chi connectivity index (χ1) is 11.0. The van der Waals surface area contributed by atoms with Gasteiger partial charge < -0.3 is 15.4 Å². The van der Waals surface area contributed by atoms with Gasteiger partial charge in [-0.05, 0) is 38.1 Å². The maximum absolute atomic E-state index is 12.4. The first-order valence-electron chi connectivity index (χ1n) is 7.19. The van der Waals surface area contributed by atoms with Gasteiger partial charge in [0.05, 0.1) is 5.52 Å². The van der Waals surface area contributed by atoms with Crippen LogP contribution in [-0.4, -0.2) is 16.0 Å². The van der Waals surface area contributed by atoms with Crippen molar-refractivity contribution >= 4 is 22.5 Å². The lowest BCUT2D eigenvalue weighted by Crippen LogP contribution is -2.23. The molecule has 5 heteroatoms. The van der Waals surface area contributed by atoms with Crippen LogP contribution in [0, 0.1) is 13.8 Å². The van der Waals surface area contributed by atoms with E-state index in [1.807, 2.05) is 32.0 Å². The second-order valence-corrected chi connectivity index (χ2v) is 5.55. The minimum Gasteiger partial charge on any atom is -0.506 e. The maximum Gasteiger partial charge on any atom is 0.265 e. The molecule has 0 aliphatic heterocycles.